The van der Waals surface area contributed by atoms with Gasteiger partial charge in [0.2, 0.25) is 0 Å². The summed E-state index contributed by atoms with van der Waals surface area (Å²) in [4.78, 5) is 12.2. The number of benzene rings is 1. The van der Waals surface area contributed by atoms with Crippen LogP contribution in [-0.2, 0) is 9.53 Å². The van der Waals surface area contributed by atoms with Gasteiger partial charge >= 0.3 is 5.97 Å². The Morgan fingerprint density at radius 3 is 2.71 bits per heavy atom. The van der Waals surface area contributed by atoms with Crippen LogP contribution >= 0.6 is 11.6 Å². The van der Waals surface area contributed by atoms with Gasteiger partial charge in [0.15, 0.2) is 0 Å². The largest absolute Gasteiger partial charge is 0.466 e. The molecule has 108 valence electrons. The van der Waals surface area contributed by atoms with Crippen molar-refractivity contribution in [2.75, 3.05) is 12.4 Å². The van der Waals surface area contributed by atoms with Gasteiger partial charge in [-0.15, -0.1) is 0 Å². The topological polar surface area (TPSA) is 56.1 Å². The highest BCUT2D eigenvalue weighted by molar-refractivity contribution is 6.30. The van der Waals surface area contributed by atoms with E-state index in [0.717, 1.165) is 17.1 Å². The van der Waals surface area contributed by atoms with Gasteiger partial charge in [-0.25, -0.2) is 9.48 Å². The molecule has 0 aliphatic carbocycles. The Labute approximate surface area is 127 Å². The number of hydrogen-bond donors (Lipinski definition) is 1. The molecule has 1 aromatic heterocycles. The van der Waals surface area contributed by atoms with Crippen LogP contribution in [0.2, 0.25) is 5.02 Å². The van der Waals surface area contributed by atoms with Gasteiger partial charge in [-0.3, -0.25) is 0 Å². The second kappa shape index (κ2) is 5.26. The number of methoxy groups -OCH3 is 1. The van der Waals surface area contributed by atoms with Gasteiger partial charge in [0, 0.05) is 16.8 Å². The maximum Gasteiger partial charge on any atom is 0.338 e. The van der Waals surface area contributed by atoms with E-state index >= 15 is 0 Å². The maximum absolute atomic E-state index is 12.2. The summed E-state index contributed by atoms with van der Waals surface area (Å²) in [6.45, 7) is 1.85. The van der Waals surface area contributed by atoms with E-state index in [1.165, 1.54) is 7.11 Å². The van der Waals surface area contributed by atoms with Crippen molar-refractivity contribution in [2.45, 2.75) is 13.0 Å². The first-order valence-corrected chi connectivity index (χ1v) is 6.84. The fourth-order valence-corrected chi connectivity index (χ4v) is 2.66. The number of anilines is 1. The molecule has 3 rings (SSSR count). The monoisotopic (exact) mass is 303 g/mol. The zero-order valence-electron chi connectivity index (χ0n) is 11.6. The smallest absolute Gasteiger partial charge is 0.338 e. The van der Waals surface area contributed by atoms with Crippen molar-refractivity contribution in [3.05, 3.63) is 58.4 Å². The van der Waals surface area contributed by atoms with Crippen molar-refractivity contribution in [1.82, 2.24) is 9.78 Å². The molecular weight excluding hydrogens is 290 g/mol. The molecule has 1 aliphatic heterocycles. The van der Waals surface area contributed by atoms with Crippen LogP contribution in [0.1, 0.15) is 18.5 Å². The van der Waals surface area contributed by atoms with E-state index in [2.05, 4.69) is 10.4 Å². The fraction of sp³-hybridized carbons (Fsp3) is 0.200. The molecule has 0 radical (unpaired) electrons. The second-order valence-corrected chi connectivity index (χ2v) is 5.21. The molecule has 6 heteroatoms. The van der Waals surface area contributed by atoms with Crippen molar-refractivity contribution in [1.29, 1.82) is 0 Å². The number of hydrogen-bond acceptors (Lipinski definition) is 4. The van der Waals surface area contributed by atoms with Crippen LogP contribution in [0.5, 0.6) is 0 Å². The predicted octanol–water partition coefficient (Wildman–Crippen LogP) is 3.00. The summed E-state index contributed by atoms with van der Waals surface area (Å²) in [6, 6.07) is 8.90. The van der Waals surface area contributed by atoms with Crippen molar-refractivity contribution in [3.8, 4) is 0 Å². The fourth-order valence-electron chi connectivity index (χ4n) is 2.53. The number of fused-ring (bicyclic) bond motifs is 1. The summed E-state index contributed by atoms with van der Waals surface area (Å²) < 4.78 is 6.69. The third-order valence-electron chi connectivity index (χ3n) is 3.50. The number of carbonyl (C=O) groups is 1. The van der Waals surface area contributed by atoms with E-state index in [0.29, 0.717) is 10.6 Å². The average molecular weight is 304 g/mol. The number of aromatic nitrogens is 2. The predicted molar refractivity (Wildman–Crippen MR) is 80.2 cm³/mol. The molecule has 21 heavy (non-hydrogen) atoms. The van der Waals surface area contributed by atoms with E-state index in [-0.39, 0.29) is 12.0 Å². The number of nitrogens with one attached hydrogen (secondary N) is 1. The molecule has 0 spiro atoms. The van der Waals surface area contributed by atoms with E-state index in [9.17, 15) is 4.79 Å². The van der Waals surface area contributed by atoms with Crippen LogP contribution < -0.4 is 5.32 Å². The molecule has 1 aromatic carbocycles. The molecule has 1 atom stereocenters. The number of allylic oxidation sites excluding steroid dienone is 1. The third-order valence-corrected chi connectivity index (χ3v) is 3.75. The lowest BCUT2D eigenvalue weighted by Crippen LogP contribution is -2.28. The van der Waals surface area contributed by atoms with Crippen LogP contribution in [0.4, 0.5) is 5.82 Å². The number of ether oxygens (including phenoxy) is 1. The number of esters is 1. The highest BCUT2D eigenvalue weighted by Crippen LogP contribution is 2.36. The maximum atomic E-state index is 12.2. The van der Waals surface area contributed by atoms with Gasteiger partial charge in [-0.05, 0) is 24.6 Å². The van der Waals surface area contributed by atoms with Crippen LogP contribution in [0.15, 0.2) is 47.8 Å². The Kier molecular flexibility index (Phi) is 3.43. The molecule has 0 saturated carbocycles. The lowest BCUT2D eigenvalue weighted by atomic mass is 9.95. The SMILES string of the molecule is COC(=O)C1=C(C)Nc2ccnn2C1c1ccc(Cl)cc1. The summed E-state index contributed by atoms with van der Waals surface area (Å²) in [5.74, 6) is 0.459. The number of halogens is 1. The number of rotatable bonds is 2. The molecule has 0 bridgehead atoms. The Hall–Kier alpha value is -2.27. The minimum absolute atomic E-state index is 0.332. The zero-order chi connectivity index (χ0) is 15.0. The number of carbonyl (C=O) groups excluding carboxylic acids is 1. The summed E-state index contributed by atoms with van der Waals surface area (Å²) in [7, 11) is 1.38. The molecule has 0 amide bonds. The molecule has 0 fully saturated rings. The Balaban J connectivity index is 2.17. The molecular formula is C15H14ClN3O2. The Morgan fingerprint density at radius 2 is 2.05 bits per heavy atom. The van der Waals surface area contributed by atoms with Crippen molar-refractivity contribution >= 4 is 23.4 Å². The van der Waals surface area contributed by atoms with E-state index in [1.807, 2.05) is 25.1 Å². The first kappa shape index (κ1) is 13.7. The number of nitrogens with zero attached hydrogens (tertiary/aromatic N) is 2. The van der Waals surface area contributed by atoms with E-state index in [4.69, 9.17) is 16.3 Å². The minimum Gasteiger partial charge on any atom is -0.466 e. The van der Waals surface area contributed by atoms with E-state index < -0.39 is 0 Å². The summed E-state index contributed by atoms with van der Waals surface area (Å²) in [5, 5.41) is 8.13. The van der Waals surface area contributed by atoms with E-state index in [1.54, 1.807) is 23.0 Å². The van der Waals surface area contributed by atoms with Gasteiger partial charge in [0.1, 0.15) is 11.9 Å². The van der Waals surface area contributed by atoms with Gasteiger partial charge in [0.25, 0.3) is 0 Å². The van der Waals surface area contributed by atoms with Gasteiger partial charge in [0.05, 0.1) is 18.9 Å². The van der Waals surface area contributed by atoms with Gasteiger partial charge in [-0.1, -0.05) is 23.7 Å². The highest BCUT2D eigenvalue weighted by Gasteiger charge is 2.33. The molecule has 1 unspecified atom stereocenters. The van der Waals surface area contributed by atoms with Crippen molar-refractivity contribution in [2.24, 2.45) is 0 Å². The van der Waals surface area contributed by atoms with Crippen LogP contribution in [0, 0.1) is 0 Å². The summed E-state index contributed by atoms with van der Waals surface area (Å²) >= 11 is 5.95. The van der Waals surface area contributed by atoms with Crippen LogP contribution in [0.3, 0.4) is 0 Å². The highest BCUT2D eigenvalue weighted by atomic mass is 35.5. The average Bonchev–Trinajstić information content (AvgIpc) is 2.94. The summed E-state index contributed by atoms with van der Waals surface area (Å²) in [5.41, 5.74) is 2.22. The lowest BCUT2D eigenvalue weighted by Gasteiger charge is -2.28. The quantitative estimate of drug-likeness (QED) is 0.867. The van der Waals surface area contributed by atoms with Gasteiger partial charge < -0.3 is 10.1 Å². The first-order valence-electron chi connectivity index (χ1n) is 6.47. The molecule has 1 aliphatic rings. The molecule has 1 N–H and O–H groups in total. The summed E-state index contributed by atoms with van der Waals surface area (Å²) in [6.07, 6.45) is 1.69. The minimum atomic E-state index is -0.374. The molecule has 2 heterocycles. The molecule has 5 nitrogen and oxygen atoms in total. The van der Waals surface area contributed by atoms with Gasteiger partial charge in [-0.2, -0.15) is 5.10 Å². The second-order valence-electron chi connectivity index (χ2n) is 4.77. The first-order chi connectivity index (χ1) is 10.1. The molecule has 0 saturated heterocycles. The van der Waals surface area contributed by atoms with Crippen LogP contribution in [-0.4, -0.2) is 22.9 Å². The Bertz CT molecular complexity index is 719. The zero-order valence-corrected chi connectivity index (χ0v) is 12.4. The Morgan fingerprint density at radius 1 is 1.33 bits per heavy atom. The standard InChI is InChI=1S/C15H14ClN3O2/c1-9-13(15(20)21-2)14(10-3-5-11(16)6-4-10)19-12(18-9)7-8-17-19/h3-8,14,18H,1-2H3. The van der Waals surface area contributed by atoms with Crippen molar-refractivity contribution in [3.63, 3.8) is 0 Å². The van der Waals surface area contributed by atoms with Crippen molar-refractivity contribution < 1.29 is 9.53 Å². The lowest BCUT2D eigenvalue weighted by molar-refractivity contribution is -0.136. The molecule has 2 aromatic rings. The normalized spacial score (nSPS) is 17.2. The third kappa shape index (κ3) is 2.29. The van der Waals surface area contributed by atoms with Crippen LogP contribution in [0.25, 0.3) is 0 Å².